The van der Waals surface area contributed by atoms with Gasteiger partial charge < -0.3 is 20.1 Å². The Kier molecular flexibility index (Phi) is 6.03. The summed E-state index contributed by atoms with van der Waals surface area (Å²) in [4.78, 5) is 38.7. The van der Waals surface area contributed by atoms with Gasteiger partial charge >= 0.3 is 12.1 Å². The van der Waals surface area contributed by atoms with Crippen LogP contribution in [0.25, 0.3) is 11.1 Å². The molecule has 0 bridgehead atoms. The molecular formula is C28H32N2O5. The maximum atomic E-state index is 12.9. The van der Waals surface area contributed by atoms with E-state index in [2.05, 4.69) is 29.6 Å². The Balaban J connectivity index is 1.18. The number of hydrogen-bond donors (Lipinski definition) is 2. The number of rotatable bonds is 6. The van der Waals surface area contributed by atoms with Gasteiger partial charge in [0.15, 0.2) is 0 Å². The number of aliphatic carboxylic acids is 1. The molecule has 1 saturated heterocycles. The molecule has 1 unspecified atom stereocenters. The highest BCUT2D eigenvalue weighted by molar-refractivity contribution is 5.86. The third-order valence-electron chi connectivity index (χ3n) is 7.93. The summed E-state index contributed by atoms with van der Waals surface area (Å²) in [5, 5.41) is 12.5. The van der Waals surface area contributed by atoms with Crippen molar-refractivity contribution in [2.24, 2.45) is 11.3 Å². The summed E-state index contributed by atoms with van der Waals surface area (Å²) in [5.74, 6) is -1.13. The largest absolute Gasteiger partial charge is 0.480 e. The molecule has 7 nitrogen and oxygen atoms in total. The fraction of sp³-hybridized carbons (Fsp3) is 0.464. The highest BCUT2D eigenvalue weighted by Gasteiger charge is 2.52. The SMILES string of the molecule is CC1(C)CN(C(=O)C[C@@H]2CCC[C@H]2NC(=O)OCC2c3ccccc3-c3ccccc32)C1C(=O)O. The number of fused-ring (bicyclic) bond motifs is 3. The average Bonchev–Trinajstić information content (AvgIpc) is 3.37. The van der Waals surface area contributed by atoms with Crippen LogP contribution in [0.3, 0.4) is 0 Å². The van der Waals surface area contributed by atoms with Crippen molar-refractivity contribution in [2.75, 3.05) is 13.2 Å². The van der Waals surface area contributed by atoms with Gasteiger partial charge in [-0.1, -0.05) is 68.8 Å². The fourth-order valence-corrected chi connectivity index (χ4v) is 6.23. The van der Waals surface area contributed by atoms with Crippen LogP contribution in [-0.4, -0.2) is 53.2 Å². The molecule has 184 valence electrons. The van der Waals surface area contributed by atoms with Crippen LogP contribution in [0.1, 0.15) is 56.6 Å². The summed E-state index contributed by atoms with van der Waals surface area (Å²) in [6, 6.07) is 15.5. The predicted octanol–water partition coefficient (Wildman–Crippen LogP) is 4.41. The third-order valence-corrected chi connectivity index (χ3v) is 7.93. The molecule has 1 aliphatic heterocycles. The number of carbonyl (C=O) groups excluding carboxylic acids is 2. The van der Waals surface area contributed by atoms with Gasteiger partial charge in [0.25, 0.3) is 0 Å². The molecule has 3 atom stereocenters. The average molecular weight is 477 g/mol. The second-order valence-electron chi connectivity index (χ2n) is 10.7. The fourth-order valence-electron chi connectivity index (χ4n) is 6.23. The molecule has 0 aromatic heterocycles. The molecule has 0 spiro atoms. The van der Waals surface area contributed by atoms with E-state index in [1.165, 1.54) is 16.0 Å². The van der Waals surface area contributed by atoms with Gasteiger partial charge in [-0.05, 0) is 41.0 Å². The molecule has 2 aromatic rings. The Labute approximate surface area is 205 Å². The van der Waals surface area contributed by atoms with Gasteiger partial charge in [0, 0.05) is 30.3 Å². The van der Waals surface area contributed by atoms with E-state index < -0.39 is 23.5 Å². The molecule has 2 fully saturated rings. The van der Waals surface area contributed by atoms with E-state index in [1.807, 2.05) is 38.1 Å². The van der Waals surface area contributed by atoms with Crippen molar-refractivity contribution in [1.29, 1.82) is 0 Å². The number of benzene rings is 2. The number of nitrogens with one attached hydrogen (secondary N) is 1. The first-order valence-corrected chi connectivity index (χ1v) is 12.4. The molecule has 2 N–H and O–H groups in total. The molecule has 7 heteroatoms. The van der Waals surface area contributed by atoms with Crippen LogP contribution in [0.5, 0.6) is 0 Å². The molecule has 2 aliphatic carbocycles. The number of likely N-dealkylation sites (tertiary alicyclic amines) is 1. The van der Waals surface area contributed by atoms with Gasteiger partial charge in [0.2, 0.25) is 5.91 Å². The zero-order valence-corrected chi connectivity index (χ0v) is 20.2. The predicted molar refractivity (Wildman–Crippen MR) is 131 cm³/mol. The van der Waals surface area contributed by atoms with Gasteiger partial charge in [0.1, 0.15) is 12.6 Å². The number of hydrogen-bond acceptors (Lipinski definition) is 4. The quantitative estimate of drug-likeness (QED) is 0.644. The molecule has 35 heavy (non-hydrogen) atoms. The van der Waals surface area contributed by atoms with Crippen LogP contribution in [0, 0.1) is 11.3 Å². The smallest absolute Gasteiger partial charge is 0.407 e. The Hall–Kier alpha value is -3.35. The lowest BCUT2D eigenvalue weighted by molar-refractivity contribution is -0.172. The lowest BCUT2D eigenvalue weighted by Gasteiger charge is -2.52. The summed E-state index contributed by atoms with van der Waals surface area (Å²) in [6.07, 6.45) is 2.31. The van der Waals surface area contributed by atoms with E-state index in [4.69, 9.17) is 4.74 Å². The van der Waals surface area contributed by atoms with E-state index in [0.717, 1.165) is 30.4 Å². The van der Waals surface area contributed by atoms with Crippen LogP contribution in [0.15, 0.2) is 48.5 Å². The van der Waals surface area contributed by atoms with Gasteiger partial charge in [-0.15, -0.1) is 0 Å². The van der Waals surface area contributed by atoms with Crippen LogP contribution < -0.4 is 5.32 Å². The Morgan fingerprint density at radius 3 is 2.26 bits per heavy atom. The molecule has 1 heterocycles. The molecule has 0 radical (unpaired) electrons. The first-order valence-electron chi connectivity index (χ1n) is 12.4. The van der Waals surface area contributed by atoms with E-state index in [0.29, 0.717) is 6.54 Å². The van der Waals surface area contributed by atoms with Crippen LogP contribution >= 0.6 is 0 Å². The van der Waals surface area contributed by atoms with Crippen molar-refractivity contribution in [3.63, 3.8) is 0 Å². The Morgan fingerprint density at radius 1 is 1.03 bits per heavy atom. The van der Waals surface area contributed by atoms with Crippen LogP contribution in [-0.2, 0) is 14.3 Å². The number of nitrogens with zero attached hydrogens (tertiary/aromatic N) is 1. The molecule has 3 aliphatic rings. The lowest BCUT2D eigenvalue weighted by Crippen LogP contribution is -2.67. The van der Waals surface area contributed by atoms with Crippen LogP contribution in [0.2, 0.25) is 0 Å². The standard InChI is InChI=1S/C28H32N2O5/c1-28(2)16-30(25(28)26(32)33)24(31)14-17-8-7-13-23(17)29-27(34)35-15-22-20-11-5-3-9-18(20)19-10-4-6-12-21(19)22/h3-6,9-12,17,22-23,25H,7-8,13-16H2,1-2H3,(H,29,34)(H,32,33)/t17-,23+,25?/m0/s1. The van der Waals surface area contributed by atoms with Crippen molar-refractivity contribution in [2.45, 2.75) is 57.5 Å². The highest BCUT2D eigenvalue weighted by atomic mass is 16.5. The van der Waals surface area contributed by atoms with Crippen LogP contribution in [0.4, 0.5) is 4.79 Å². The summed E-state index contributed by atoms with van der Waals surface area (Å²) in [7, 11) is 0. The number of amides is 2. The number of alkyl carbamates (subject to hydrolysis) is 1. The normalized spacial score (nSPS) is 24.3. The minimum Gasteiger partial charge on any atom is -0.480 e. The van der Waals surface area contributed by atoms with Gasteiger partial charge in [-0.2, -0.15) is 0 Å². The second-order valence-corrected chi connectivity index (χ2v) is 10.7. The van der Waals surface area contributed by atoms with E-state index in [1.54, 1.807) is 0 Å². The maximum Gasteiger partial charge on any atom is 0.407 e. The Bertz CT molecular complexity index is 1110. The molecule has 2 aromatic carbocycles. The number of carboxylic acids is 1. The molecule has 5 rings (SSSR count). The topological polar surface area (TPSA) is 95.9 Å². The van der Waals surface area contributed by atoms with Gasteiger partial charge in [-0.25, -0.2) is 9.59 Å². The molecule has 1 saturated carbocycles. The molecular weight excluding hydrogens is 444 g/mol. The zero-order chi connectivity index (χ0) is 24.7. The number of carbonyl (C=O) groups is 3. The number of carboxylic acid groups (broad SMARTS) is 1. The third kappa shape index (κ3) is 4.28. The van der Waals surface area contributed by atoms with Gasteiger partial charge in [0.05, 0.1) is 0 Å². The first-order chi connectivity index (χ1) is 16.8. The van der Waals surface area contributed by atoms with Crippen molar-refractivity contribution in [1.82, 2.24) is 10.2 Å². The van der Waals surface area contributed by atoms with Crippen molar-refractivity contribution >= 4 is 18.0 Å². The van der Waals surface area contributed by atoms with Gasteiger partial charge in [-0.3, -0.25) is 4.79 Å². The van der Waals surface area contributed by atoms with Crippen molar-refractivity contribution in [3.8, 4) is 11.1 Å². The maximum absolute atomic E-state index is 12.9. The first kappa shape index (κ1) is 23.4. The van der Waals surface area contributed by atoms with E-state index in [9.17, 15) is 19.5 Å². The molecule has 2 amide bonds. The zero-order valence-electron chi connectivity index (χ0n) is 20.2. The Morgan fingerprint density at radius 2 is 1.66 bits per heavy atom. The van der Waals surface area contributed by atoms with E-state index in [-0.39, 0.29) is 36.8 Å². The van der Waals surface area contributed by atoms with Crippen molar-refractivity contribution in [3.05, 3.63) is 59.7 Å². The second kappa shape index (κ2) is 9.02. The summed E-state index contributed by atoms with van der Waals surface area (Å²) < 4.78 is 5.69. The summed E-state index contributed by atoms with van der Waals surface area (Å²) in [6.45, 7) is 4.43. The minimum absolute atomic E-state index is 0.00294. The summed E-state index contributed by atoms with van der Waals surface area (Å²) >= 11 is 0. The van der Waals surface area contributed by atoms with E-state index >= 15 is 0 Å². The highest BCUT2D eigenvalue weighted by Crippen LogP contribution is 2.44. The van der Waals surface area contributed by atoms with Crippen molar-refractivity contribution < 1.29 is 24.2 Å². The summed E-state index contributed by atoms with van der Waals surface area (Å²) in [5.41, 5.74) is 4.27. The minimum atomic E-state index is -0.964. The lowest BCUT2D eigenvalue weighted by atomic mass is 9.74. The number of ether oxygens (including phenoxy) is 1. The monoisotopic (exact) mass is 476 g/mol.